The van der Waals surface area contributed by atoms with E-state index in [1.807, 2.05) is 6.92 Å². The van der Waals surface area contributed by atoms with Crippen LogP contribution in [-0.2, 0) is 10.0 Å². The third kappa shape index (κ3) is 5.00. The molecule has 21 heavy (non-hydrogen) atoms. The molecule has 0 bridgehead atoms. The third-order valence-electron chi connectivity index (χ3n) is 2.77. The van der Waals surface area contributed by atoms with E-state index in [4.69, 9.17) is 10.2 Å². The molecule has 4 N–H and O–H groups in total. The van der Waals surface area contributed by atoms with Crippen molar-refractivity contribution >= 4 is 21.7 Å². The Morgan fingerprint density at radius 3 is 2.57 bits per heavy atom. The number of carbonyl (C=O) groups is 1. The summed E-state index contributed by atoms with van der Waals surface area (Å²) in [6.45, 7) is 2.23. The first-order chi connectivity index (χ1) is 9.92. The van der Waals surface area contributed by atoms with Crippen molar-refractivity contribution in [2.24, 2.45) is 0 Å². The third-order valence-corrected chi connectivity index (χ3v) is 4.27. The smallest absolute Gasteiger partial charge is 0.335 e. The molecule has 0 radical (unpaired) electrons. The minimum Gasteiger partial charge on any atom is -0.478 e. The summed E-state index contributed by atoms with van der Waals surface area (Å²) in [5.41, 5.74) is 0.151. The molecule has 0 saturated heterocycles. The number of aliphatic hydroxyl groups excluding tert-OH is 1. The average molecular weight is 316 g/mol. The van der Waals surface area contributed by atoms with Gasteiger partial charge in [-0.1, -0.05) is 13.3 Å². The van der Waals surface area contributed by atoms with Crippen LogP contribution in [0.5, 0.6) is 0 Å². The highest BCUT2D eigenvalue weighted by Crippen LogP contribution is 2.23. The van der Waals surface area contributed by atoms with Crippen LogP contribution in [-0.4, -0.2) is 44.3 Å². The zero-order chi connectivity index (χ0) is 15.9. The molecule has 7 nitrogen and oxygen atoms in total. The van der Waals surface area contributed by atoms with Gasteiger partial charge in [0.2, 0.25) is 10.0 Å². The zero-order valence-corrected chi connectivity index (χ0v) is 12.6. The highest BCUT2D eigenvalue weighted by Gasteiger charge is 2.20. The first-order valence-electron chi connectivity index (χ1n) is 6.64. The molecule has 0 saturated carbocycles. The van der Waals surface area contributed by atoms with Gasteiger partial charge >= 0.3 is 5.97 Å². The van der Waals surface area contributed by atoms with Crippen molar-refractivity contribution in [2.75, 3.05) is 25.0 Å². The average Bonchev–Trinajstić information content (AvgIpc) is 2.45. The summed E-state index contributed by atoms with van der Waals surface area (Å²) in [4.78, 5) is 10.9. The van der Waals surface area contributed by atoms with E-state index in [9.17, 15) is 13.2 Å². The van der Waals surface area contributed by atoms with Gasteiger partial charge in [0.15, 0.2) is 0 Å². The Labute approximate surface area is 124 Å². The molecule has 0 amide bonds. The van der Waals surface area contributed by atoms with Gasteiger partial charge in [-0.2, -0.15) is 0 Å². The molecule has 8 heteroatoms. The van der Waals surface area contributed by atoms with E-state index in [1.54, 1.807) is 0 Å². The summed E-state index contributed by atoms with van der Waals surface area (Å²) < 4.78 is 27.0. The number of sulfonamides is 1. The number of benzene rings is 1. The summed E-state index contributed by atoms with van der Waals surface area (Å²) in [6, 6.07) is 3.80. The van der Waals surface area contributed by atoms with Gasteiger partial charge in [-0.3, -0.25) is 0 Å². The van der Waals surface area contributed by atoms with Gasteiger partial charge in [0.05, 0.1) is 17.9 Å². The predicted molar refractivity (Wildman–Crippen MR) is 79.1 cm³/mol. The minimum atomic E-state index is -3.81. The maximum Gasteiger partial charge on any atom is 0.335 e. The standard InChI is InChI=1S/C13H20N2O5S/c1-2-3-6-15-21(19,20)12-9-10(13(17)18)4-5-11(12)14-7-8-16/h4-5,9,14-16H,2-3,6-8H2,1H3,(H,17,18). The van der Waals surface area contributed by atoms with Crippen LogP contribution in [0.4, 0.5) is 5.69 Å². The molecule has 118 valence electrons. The van der Waals surface area contributed by atoms with Gasteiger partial charge in [0.25, 0.3) is 0 Å². The topological polar surface area (TPSA) is 116 Å². The van der Waals surface area contributed by atoms with Crippen molar-refractivity contribution in [1.29, 1.82) is 0 Å². The van der Waals surface area contributed by atoms with Crippen LogP contribution in [0.1, 0.15) is 30.1 Å². The van der Waals surface area contributed by atoms with E-state index in [2.05, 4.69) is 10.0 Å². The van der Waals surface area contributed by atoms with Crippen LogP contribution < -0.4 is 10.0 Å². The van der Waals surface area contributed by atoms with Crippen LogP contribution >= 0.6 is 0 Å². The fourth-order valence-electron chi connectivity index (χ4n) is 1.68. The van der Waals surface area contributed by atoms with Crippen LogP contribution in [0.15, 0.2) is 23.1 Å². The Hall–Kier alpha value is -1.64. The maximum absolute atomic E-state index is 12.3. The first kappa shape index (κ1) is 17.4. The summed E-state index contributed by atoms with van der Waals surface area (Å²) >= 11 is 0. The number of nitrogens with one attached hydrogen (secondary N) is 2. The first-order valence-corrected chi connectivity index (χ1v) is 8.12. The molecule has 1 aromatic carbocycles. The van der Waals surface area contributed by atoms with Crippen LogP contribution in [0.2, 0.25) is 0 Å². The van der Waals surface area contributed by atoms with E-state index in [0.29, 0.717) is 6.42 Å². The summed E-state index contributed by atoms with van der Waals surface area (Å²) in [5, 5.41) is 20.6. The second kappa shape index (κ2) is 7.96. The molecule has 1 aromatic rings. The molecule has 1 rings (SSSR count). The number of aliphatic hydroxyl groups is 1. The van der Waals surface area contributed by atoms with Gasteiger partial charge in [0, 0.05) is 13.1 Å². The number of rotatable bonds is 9. The quantitative estimate of drug-likeness (QED) is 0.502. The molecule has 0 heterocycles. The second-order valence-electron chi connectivity index (χ2n) is 4.42. The molecular weight excluding hydrogens is 296 g/mol. The van der Waals surface area contributed by atoms with E-state index >= 15 is 0 Å². The van der Waals surface area contributed by atoms with Crippen molar-refractivity contribution in [3.63, 3.8) is 0 Å². The van der Waals surface area contributed by atoms with Crippen molar-refractivity contribution < 1.29 is 23.4 Å². The van der Waals surface area contributed by atoms with Crippen molar-refractivity contribution in [1.82, 2.24) is 4.72 Å². The second-order valence-corrected chi connectivity index (χ2v) is 6.15. The predicted octanol–water partition coefficient (Wildman–Crippen LogP) is 0.867. The lowest BCUT2D eigenvalue weighted by Gasteiger charge is -2.13. The lowest BCUT2D eigenvalue weighted by molar-refractivity contribution is 0.0696. The van der Waals surface area contributed by atoms with E-state index < -0.39 is 16.0 Å². The number of carboxylic acids is 1. The fourth-order valence-corrected chi connectivity index (χ4v) is 2.96. The highest BCUT2D eigenvalue weighted by molar-refractivity contribution is 7.89. The Kier molecular flexibility index (Phi) is 6.60. The summed E-state index contributed by atoms with van der Waals surface area (Å²) in [7, 11) is -3.81. The Morgan fingerprint density at radius 1 is 1.29 bits per heavy atom. The normalized spacial score (nSPS) is 11.3. The van der Waals surface area contributed by atoms with Crippen molar-refractivity contribution in [3.8, 4) is 0 Å². The summed E-state index contributed by atoms with van der Waals surface area (Å²) in [5.74, 6) is -1.20. The Morgan fingerprint density at radius 2 is 2.00 bits per heavy atom. The molecular formula is C13H20N2O5S. The molecule has 0 atom stereocenters. The molecule has 0 aromatic heterocycles. The van der Waals surface area contributed by atoms with Gasteiger partial charge < -0.3 is 15.5 Å². The van der Waals surface area contributed by atoms with Crippen molar-refractivity contribution in [2.45, 2.75) is 24.7 Å². The number of unbranched alkanes of at least 4 members (excludes halogenated alkanes) is 1. The van der Waals surface area contributed by atoms with Gasteiger partial charge in [0.1, 0.15) is 4.90 Å². The number of hydrogen-bond donors (Lipinski definition) is 4. The Bertz CT molecular complexity index is 586. The molecule has 0 unspecified atom stereocenters. The molecule has 0 fully saturated rings. The lowest BCUT2D eigenvalue weighted by atomic mass is 10.2. The SMILES string of the molecule is CCCCNS(=O)(=O)c1cc(C(=O)O)ccc1NCCO. The Balaban J connectivity index is 3.14. The van der Waals surface area contributed by atoms with Gasteiger partial charge in [-0.25, -0.2) is 17.9 Å². The van der Waals surface area contributed by atoms with Gasteiger partial charge in [-0.05, 0) is 24.6 Å². The lowest BCUT2D eigenvalue weighted by Crippen LogP contribution is -2.26. The maximum atomic E-state index is 12.3. The number of hydrogen-bond acceptors (Lipinski definition) is 5. The number of carboxylic acid groups (broad SMARTS) is 1. The fraction of sp³-hybridized carbons (Fsp3) is 0.462. The van der Waals surface area contributed by atoms with E-state index in [1.165, 1.54) is 12.1 Å². The molecule has 0 aliphatic carbocycles. The largest absolute Gasteiger partial charge is 0.478 e. The zero-order valence-electron chi connectivity index (χ0n) is 11.8. The number of anilines is 1. The monoisotopic (exact) mass is 316 g/mol. The highest BCUT2D eigenvalue weighted by atomic mass is 32.2. The molecule has 0 aliphatic heterocycles. The molecule has 0 spiro atoms. The van der Waals surface area contributed by atoms with Crippen LogP contribution in [0.25, 0.3) is 0 Å². The van der Waals surface area contributed by atoms with Crippen LogP contribution in [0.3, 0.4) is 0 Å². The van der Waals surface area contributed by atoms with Crippen LogP contribution in [0, 0.1) is 0 Å². The minimum absolute atomic E-state index is 0.111. The number of aromatic carboxylic acids is 1. The van der Waals surface area contributed by atoms with Crippen molar-refractivity contribution in [3.05, 3.63) is 23.8 Å². The summed E-state index contributed by atoms with van der Waals surface area (Å²) in [6.07, 6.45) is 1.53. The molecule has 0 aliphatic rings. The van der Waals surface area contributed by atoms with Gasteiger partial charge in [-0.15, -0.1) is 0 Å². The van der Waals surface area contributed by atoms with E-state index in [-0.39, 0.29) is 35.8 Å². The van der Waals surface area contributed by atoms with E-state index in [0.717, 1.165) is 12.5 Å².